The van der Waals surface area contributed by atoms with E-state index in [0.29, 0.717) is 5.56 Å². The van der Waals surface area contributed by atoms with Crippen LogP contribution in [0.2, 0.25) is 18.1 Å². The molecule has 9 atom stereocenters. The van der Waals surface area contributed by atoms with E-state index in [4.69, 9.17) is 39.3 Å². The Balaban J connectivity index is 1.15. The van der Waals surface area contributed by atoms with Crippen molar-refractivity contribution in [2.24, 2.45) is 5.92 Å². The number of alkyl halides is 1. The maximum atomic E-state index is 16.9. The Bertz CT molecular complexity index is 2710. The number of aliphatic hydroxyl groups excluding tert-OH is 1. The first kappa shape index (κ1) is 48.9. The largest absolute Gasteiger partial charge is 0.408 e. The number of H-pyrrole nitrogens is 1. The Morgan fingerprint density at radius 3 is 2.47 bits per heavy atom. The molecule has 22 nitrogen and oxygen atoms in total. The lowest BCUT2D eigenvalue weighted by Gasteiger charge is -2.40. The van der Waals surface area contributed by atoms with E-state index in [-0.39, 0.29) is 64.5 Å². The second kappa shape index (κ2) is 19.7. The number of hydrogen-bond donors (Lipinski definition) is 4. The summed E-state index contributed by atoms with van der Waals surface area (Å²) in [4.78, 5) is 58.1. The van der Waals surface area contributed by atoms with Gasteiger partial charge in [-0.15, -0.1) is 5.10 Å². The van der Waals surface area contributed by atoms with Gasteiger partial charge in [0.25, 0.3) is 11.5 Å². The molecule has 4 N–H and O–H groups in total. The van der Waals surface area contributed by atoms with Gasteiger partial charge in [-0.05, 0) is 48.5 Å². The van der Waals surface area contributed by atoms with E-state index in [9.17, 15) is 24.8 Å². The van der Waals surface area contributed by atoms with Crippen LogP contribution in [0.4, 0.5) is 16.2 Å². The molecule has 0 radical (unpaired) electrons. The van der Waals surface area contributed by atoms with Crippen molar-refractivity contribution < 1.29 is 46.6 Å². The number of aliphatic hydroxyl groups is 1. The van der Waals surface area contributed by atoms with Crippen LogP contribution in [-0.2, 0) is 44.1 Å². The molecule has 0 saturated carbocycles. The number of halogens is 1. The fraction of sp³-hybridized carbons (Fsp3) is 0.550. The Kier molecular flexibility index (Phi) is 14.6. The molecule has 2 fully saturated rings. The molecule has 7 rings (SSSR count). The lowest BCUT2D eigenvalue weighted by atomic mass is 10.1. The summed E-state index contributed by atoms with van der Waals surface area (Å²) < 4.78 is 57.4. The fourth-order valence-electron chi connectivity index (χ4n) is 6.94. The van der Waals surface area contributed by atoms with Gasteiger partial charge in [-0.2, -0.15) is 14.9 Å². The molecule has 2 amide bonds. The first-order valence-corrected chi connectivity index (χ1v) is 26.7. The van der Waals surface area contributed by atoms with Crippen LogP contribution in [0.1, 0.15) is 77.2 Å². The van der Waals surface area contributed by atoms with Crippen molar-refractivity contribution in [2.75, 3.05) is 23.8 Å². The minimum atomic E-state index is -4.01. The second-order valence-electron chi connectivity index (χ2n) is 17.5. The molecule has 5 aromatic rings. The summed E-state index contributed by atoms with van der Waals surface area (Å²) in [6.07, 6.45) is -7.84. The van der Waals surface area contributed by atoms with Crippen LogP contribution < -0.4 is 16.2 Å². The molecule has 1 unspecified atom stereocenters. The average molecular weight is 971 g/mol. The summed E-state index contributed by atoms with van der Waals surface area (Å²) in [5.74, 6) is -1.33. The molecule has 0 spiro atoms. The van der Waals surface area contributed by atoms with Crippen molar-refractivity contribution in [3.05, 3.63) is 58.9 Å². The number of amides is 2. The molecule has 0 aliphatic carbocycles. The topological polar surface area (TPSA) is 278 Å². The molecular formula is C40H52FN12O10PSSi. The van der Waals surface area contributed by atoms with Crippen molar-refractivity contribution in [2.45, 2.75) is 122 Å². The molecule has 2 aliphatic rings. The van der Waals surface area contributed by atoms with Gasteiger partial charge in [-0.3, -0.25) is 33.8 Å². The van der Waals surface area contributed by atoms with E-state index in [2.05, 4.69) is 45.9 Å². The highest BCUT2D eigenvalue weighted by Crippen LogP contribution is 2.55. The number of ether oxygens (including phenoxy) is 2. The fourth-order valence-corrected chi connectivity index (χ4v) is 10.4. The number of hydrogen-bond acceptors (Lipinski definition) is 18. The van der Waals surface area contributed by atoms with Gasteiger partial charge in [0.05, 0.1) is 38.1 Å². The number of benzene rings is 1. The van der Waals surface area contributed by atoms with Gasteiger partial charge in [0.1, 0.15) is 30.7 Å². The SMILES string of the molecule is CC[C@H]1O[C@@H](n2nnc3c(NC(=O)c4ccccc4)ncnc32)[C@@H](F)[C@@H]1OP(=S)(OCCC#N)OC[C@H]1O[C@@H](n2cnc3c(=O)[nH]c(NC(=O)C(C)C)nc32)[C@@H](O)[C@@H]1O[Si](C)(C)C(C)(C)C. The predicted octanol–water partition coefficient (Wildman–Crippen LogP) is 5.05. The highest BCUT2D eigenvalue weighted by atomic mass is 32.5. The van der Waals surface area contributed by atoms with Gasteiger partial charge in [0, 0.05) is 11.5 Å². The number of carbonyl (C=O) groups is 2. The van der Waals surface area contributed by atoms with Gasteiger partial charge in [0.2, 0.25) is 11.9 Å². The van der Waals surface area contributed by atoms with E-state index in [1.807, 2.05) is 39.9 Å². The van der Waals surface area contributed by atoms with E-state index < -0.39 is 88.2 Å². The van der Waals surface area contributed by atoms with Crippen LogP contribution in [0.25, 0.3) is 22.3 Å². The van der Waals surface area contributed by atoms with E-state index in [0.717, 1.165) is 4.68 Å². The zero-order valence-corrected chi connectivity index (χ0v) is 40.2. The number of rotatable bonds is 17. The molecule has 0 bridgehead atoms. The van der Waals surface area contributed by atoms with Crippen LogP contribution in [0, 0.1) is 17.2 Å². The number of nitrogens with one attached hydrogen (secondary N) is 3. The number of anilines is 2. The van der Waals surface area contributed by atoms with Crippen molar-refractivity contribution in [1.29, 1.82) is 5.26 Å². The number of carbonyl (C=O) groups excluding carboxylic acids is 2. The standard InChI is InChI=1S/C40H52FN12O10PSSi/c1-9-23-29(25(41)37(60-23)53-32-26(50-51-53)31(43-19-44-32)46-35(56)22-14-11-10-12-15-22)62-64(65,58-17-13-16-42)59-18-24-30(63-66(7,8)40(4,5)6)28(54)38(61-24)52-20-45-27-33(52)47-39(49-36(27)57)48-34(55)21(2)3/h10-12,14-15,19-21,23-25,28-30,37-38,54H,9,13,17-18H2,1-8H3,(H,43,44,46,56)(H2,47,48,49,55,57)/t23-,24-,25+,28+,29-,30-,37-,38-,64?/m1/s1. The minimum absolute atomic E-state index is 0.0120. The number of nitrogens with zero attached hydrogens (tertiary/aromatic N) is 9. The normalized spacial score (nSPS) is 24.5. The van der Waals surface area contributed by atoms with Gasteiger partial charge < -0.3 is 33.4 Å². The quantitative estimate of drug-likeness (QED) is 0.0539. The average Bonchev–Trinajstić information content (AvgIpc) is 4.04. The molecule has 26 heteroatoms. The number of fused-ring (bicyclic) bond motifs is 2. The summed E-state index contributed by atoms with van der Waals surface area (Å²) in [5.41, 5.74) is -0.172. The monoisotopic (exact) mass is 970 g/mol. The van der Waals surface area contributed by atoms with Gasteiger partial charge in [-0.1, -0.05) is 65.0 Å². The van der Waals surface area contributed by atoms with Crippen molar-refractivity contribution in [3.63, 3.8) is 0 Å². The van der Waals surface area contributed by atoms with Crippen LogP contribution in [-0.4, -0.2) is 120 Å². The van der Waals surface area contributed by atoms with Crippen molar-refractivity contribution in [3.8, 4) is 6.07 Å². The molecule has 6 heterocycles. The highest BCUT2D eigenvalue weighted by molar-refractivity contribution is 8.07. The molecule has 1 aromatic carbocycles. The first-order chi connectivity index (χ1) is 31.3. The van der Waals surface area contributed by atoms with Gasteiger partial charge >= 0.3 is 6.72 Å². The lowest BCUT2D eigenvalue weighted by Crippen LogP contribution is -2.49. The summed E-state index contributed by atoms with van der Waals surface area (Å²) in [6.45, 7) is 10.6. The predicted molar refractivity (Wildman–Crippen MR) is 242 cm³/mol. The first-order valence-electron chi connectivity index (χ1n) is 21.2. The maximum absolute atomic E-state index is 16.9. The zero-order chi connectivity index (χ0) is 47.7. The third kappa shape index (κ3) is 10.1. The summed E-state index contributed by atoms with van der Waals surface area (Å²) >= 11 is 5.91. The Morgan fingerprint density at radius 1 is 1.06 bits per heavy atom. The summed E-state index contributed by atoms with van der Waals surface area (Å²) in [7, 11) is -2.67. The second-order valence-corrected chi connectivity index (χ2v) is 25.2. The van der Waals surface area contributed by atoms with Crippen LogP contribution in [0.15, 0.2) is 47.8 Å². The summed E-state index contributed by atoms with van der Waals surface area (Å²) in [5, 5.41) is 34.7. The molecular weight excluding hydrogens is 919 g/mol. The van der Waals surface area contributed by atoms with Crippen LogP contribution in [0.5, 0.6) is 0 Å². The number of imidazole rings is 1. The Hall–Kier alpha value is -5.00. The lowest BCUT2D eigenvalue weighted by molar-refractivity contribution is -0.118. The molecule has 66 heavy (non-hydrogen) atoms. The van der Waals surface area contributed by atoms with E-state index >= 15 is 4.39 Å². The number of nitriles is 1. The number of aromatic nitrogens is 9. The van der Waals surface area contributed by atoms with E-state index in [1.54, 1.807) is 51.1 Å². The zero-order valence-electron chi connectivity index (χ0n) is 37.4. The third-order valence-electron chi connectivity index (χ3n) is 11.6. The van der Waals surface area contributed by atoms with Gasteiger partial charge in [-0.25, -0.2) is 19.3 Å². The molecule has 4 aromatic heterocycles. The van der Waals surface area contributed by atoms with E-state index in [1.165, 1.54) is 17.2 Å². The van der Waals surface area contributed by atoms with Gasteiger partial charge in [0.15, 0.2) is 55.1 Å². The minimum Gasteiger partial charge on any atom is -0.408 e. The van der Waals surface area contributed by atoms with Crippen molar-refractivity contribution >= 4 is 72.8 Å². The number of aromatic amines is 1. The maximum Gasteiger partial charge on any atom is 0.327 e. The Labute approximate surface area is 384 Å². The molecule has 2 saturated heterocycles. The molecule has 2 aliphatic heterocycles. The third-order valence-corrected chi connectivity index (χ3v) is 18.4. The summed E-state index contributed by atoms with van der Waals surface area (Å²) in [6, 6.07) is 10.5. The molecule has 354 valence electrons. The van der Waals surface area contributed by atoms with Crippen LogP contribution >= 0.6 is 6.72 Å². The smallest absolute Gasteiger partial charge is 0.327 e. The Morgan fingerprint density at radius 2 is 1.79 bits per heavy atom. The highest BCUT2D eigenvalue weighted by Gasteiger charge is 2.53. The van der Waals surface area contributed by atoms with Crippen LogP contribution in [0.3, 0.4) is 0 Å². The van der Waals surface area contributed by atoms with Crippen molar-refractivity contribution in [1.82, 2.24) is 44.5 Å².